The van der Waals surface area contributed by atoms with Gasteiger partial charge in [-0.1, -0.05) is 41.9 Å². The second-order valence-corrected chi connectivity index (χ2v) is 5.21. The number of aromatic nitrogens is 1. The highest BCUT2D eigenvalue weighted by molar-refractivity contribution is 6.30. The van der Waals surface area contributed by atoms with Gasteiger partial charge >= 0.3 is 0 Å². The average molecular weight is 297 g/mol. The Labute approximate surface area is 128 Å². The molecule has 3 aromatic rings. The van der Waals surface area contributed by atoms with Crippen molar-refractivity contribution in [1.82, 2.24) is 0 Å². The van der Waals surface area contributed by atoms with Crippen molar-refractivity contribution in [2.75, 3.05) is 0 Å². The summed E-state index contributed by atoms with van der Waals surface area (Å²) in [5.74, 6) is 0.821. The quantitative estimate of drug-likeness (QED) is 0.646. The van der Waals surface area contributed by atoms with Crippen LogP contribution >= 0.6 is 11.6 Å². The van der Waals surface area contributed by atoms with Crippen LogP contribution in [0.4, 0.5) is 0 Å². The van der Waals surface area contributed by atoms with Gasteiger partial charge in [0.05, 0.1) is 6.07 Å². The summed E-state index contributed by atoms with van der Waals surface area (Å²) in [6.45, 7) is 0. The van der Waals surface area contributed by atoms with E-state index in [0.29, 0.717) is 0 Å². The minimum absolute atomic E-state index is 0.721. The Balaban J connectivity index is 1.88. The van der Waals surface area contributed by atoms with Crippen LogP contribution in [0.1, 0.15) is 11.3 Å². The molecule has 0 N–H and O–H groups in total. The molecule has 0 radical (unpaired) electrons. The Kier molecular flexibility index (Phi) is 3.89. The van der Waals surface area contributed by atoms with Crippen molar-refractivity contribution in [1.29, 1.82) is 0 Å². The van der Waals surface area contributed by atoms with E-state index in [1.54, 1.807) is 4.74 Å². The summed E-state index contributed by atoms with van der Waals surface area (Å²) < 4.78 is 7.50. The fourth-order valence-corrected chi connectivity index (χ4v) is 2.23. The smallest absolute Gasteiger partial charge is 0.236 e. The maximum atomic E-state index is 5.91. The summed E-state index contributed by atoms with van der Waals surface area (Å²) in [7, 11) is 1.89. The second kappa shape index (κ2) is 5.98. The monoisotopic (exact) mass is 296 g/mol. The molecule has 0 unspecified atom stereocenters. The van der Waals surface area contributed by atoms with Gasteiger partial charge in [-0.05, 0) is 40.6 Å². The highest BCUT2D eigenvalue weighted by Gasteiger charge is 2.14. The van der Waals surface area contributed by atoms with E-state index in [1.807, 2.05) is 61.7 Å². The van der Waals surface area contributed by atoms with Crippen LogP contribution in [-0.4, -0.2) is 0 Å². The van der Waals surface area contributed by atoms with E-state index in [0.717, 1.165) is 27.6 Å². The molecule has 0 atom stereocenters. The molecule has 0 spiro atoms. The van der Waals surface area contributed by atoms with Gasteiger partial charge in [0.1, 0.15) is 0 Å². The minimum atomic E-state index is 0.721. The molecule has 0 amide bonds. The molecule has 21 heavy (non-hydrogen) atoms. The third-order valence-corrected chi connectivity index (χ3v) is 3.50. The number of benzene rings is 2. The summed E-state index contributed by atoms with van der Waals surface area (Å²) in [5, 5.41) is 0.721. The Morgan fingerprint density at radius 2 is 1.67 bits per heavy atom. The van der Waals surface area contributed by atoms with Crippen LogP contribution in [0.3, 0.4) is 0 Å². The first kappa shape index (κ1) is 13.7. The fourth-order valence-electron chi connectivity index (χ4n) is 2.10. The third-order valence-electron chi connectivity index (χ3n) is 3.25. The largest absolute Gasteiger partial charge is 0.255 e. The summed E-state index contributed by atoms with van der Waals surface area (Å²) in [5.41, 5.74) is 3.17. The lowest BCUT2D eigenvalue weighted by molar-refractivity contribution is -0.844. The van der Waals surface area contributed by atoms with E-state index >= 15 is 0 Å². The van der Waals surface area contributed by atoms with Crippen LogP contribution in [0, 0.1) is 0 Å². The molecule has 2 nitrogen and oxygen atoms in total. The lowest BCUT2D eigenvalue weighted by Crippen LogP contribution is -2.27. The molecule has 0 bridgehead atoms. The topological polar surface area (TPSA) is 17.0 Å². The number of halogens is 1. The maximum Gasteiger partial charge on any atom is 0.255 e. The van der Waals surface area contributed by atoms with Crippen molar-refractivity contribution in [3.8, 4) is 11.3 Å². The van der Waals surface area contributed by atoms with E-state index in [9.17, 15) is 0 Å². The van der Waals surface area contributed by atoms with Crippen molar-refractivity contribution in [3.63, 3.8) is 0 Å². The van der Waals surface area contributed by atoms with Crippen LogP contribution in [-0.2, 0) is 7.05 Å². The van der Waals surface area contributed by atoms with E-state index in [1.165, 1.54) is 0 Å². The lowest BCUT2D eigenvalue weighted by Gasteiger charge is -1.92. The van der Waals surface area contributed by atoms with Gasteiger partial charge in [0.15, 0.2) is 7.05 Å². The lowest BCUT2D eigenvalue weighted by atomic mass is 10.1. The van der Waals surface area contributed by atoms with Crippen LogP contribution in [0.5, 0.6) is 0 Å². The number of nitrogens with zero attached hydrogens (tertiary/aromatic N) is 1. The first-order valence-corrected chi connectivity index (χ1v) is 7.09. The second-order valence-electron chi connectivity index (χ2n) is 4.77. The van der Waals surface area contributed by atoms with Gasteiger partial charge in [-0.2, -0.15) is 0 Å². The van der Waals surface area contributed by atoms with E-state index in [4.69, 9.17) is 16.1 Å². The van der Waals surface area contributed by atoms with Crippen LogP contribution in [0.2, 0.25) is 5.02 Å². The Hall–Kier alpha value is -2.32. The highest BCUT2D eigenvalue weighted by atomic mass is 35.5. The van der Waals surface area contributed by atoms with Gasteiger partial charge in [0, 0.05) is 16.7 Å². The zero-order valence-electron chi connectivity index (χ0n) is 11.7. The molecule has 104 valence electrons. The van der Waals surface area contributed by atoms with Gasteiger partial charge in [-0.15, -0.1) is 0 Å². The molecule has 0 aliphatic carbocycles. The van der Waals surface area contributed by atoms with Crippen molar-refractivity contribution in [2.24, 2.45) is 7.05 Å². The minimum Gasteiger partial charge on any atom is -0.236 e. The Bertz CT molecular complexity index is 758. The van der Waals surface area contributed by atoms with Crippen molar-refractivity contribution in [2.45, 2.75) is 0 Å². The molecule has 0 saturated heterocycles. The van der Waals surface area contributed by atoms with Gasteiger partial charge in [-0.3, -0.25) is 0 Å². The average Bonchev–Trinajstić information content (AvgIpc) is 2.88. The van der Waals surface area contributed by atoms with Crippen molar-refractivity contribution < 1.29 is 9.26 Å². The molecule has 1 aromatic heterocycles. The third kappa shape index (κ3) is 3.23. The number of hydrogen-bond donors (Lipinski definition) is 0. The Morgan fingerprint density at radius 1 is 0.952 bits per heavy atom. The van der Waals surface area contributed by atoms with Gasteiger partial charge in [0.25, 0.3) is 5.69 Å². The highest BCUT2D eigenvalue weighted by Crippen LogP contribution is 2.22. The molecule has 3 rings (SSSR count). The molecule has 0 aliphatic heterocycles. The number of hydrogen-bond acceptors (Lipinski definition) is 1. The summed E-state index contributed by atoms with van der Waals surface area (Å²) in [6.07, 6.45) is 4.11. The predicted molar refractivity (Wildman–Crippen MR) is 85.7 cm³/mol. The van der Waals surface area contributed by atoms with Crippen LogP contribution < -0.4 is 4.74 Å². The summed E-state index contributed by atoms with van der Waals surface area (Å²) in [4.78, 5) is 0. The van der Waals surface area contributed by atoms with Crippen molar-refractivity contribution in [3.05, 3.63) is 76.9 Å². The molecule has 1 heterocycles. The van der Waals surface area contributed by atoms with Gasteiger partial charge < -0.3 is 0 Å². The van der Waals surface area contributed by atoms with E-state index in [-0.39, 0.29) is 0 Å². The summed E-state index contributed by atoms with van der Waals surface area (Å²) in [6, 6.07) is 19.8. The molecule has 2 aromatic carbocycles. The van der Waals surface area contributed by atoms with Gasteiger partial charge in [-0.25, -0.2) is 4.52 Å². The maximum absolute atomic E-state index is 5.91. The van der Waals surface area contributed by atoms with Crippen molar-refractivity contribution >= 4 is 23.8 Å². The van der Waals surface area contributed by atoms with Gasteiger partial charge in [0.2, 0.25) is 5.76 Å². The SMILES string of the molecule is C[n+]1oc(-c2ccc(Cl)cc2)cc1/C=C/c1ccccc1. The zero-order chi connectivity index (χ0) is 14.7. The summed E-state index contributed by atoms with van der Waals surface area (Å²) >= 11 is 5.91. The molecular weight excluding hydrogens is 282 g/mol. The standard InChI is InChI=1S/C18H15ClNO/c1-20-17(12-7-14-5-3-2-4-6-14)13-18(21-20)15-8-10-16(19)11-9-15/h2-13H,1H3/q+1/b12-7+. The normalized spacial score (nSPS) is 11.1. The molecule has 0 aliphatic rings. The predicted octanol–water partition coefficient (Wildman–Crippen LogP) is 4.59. The van der Waals surface area contributed by atoms with Crippen LogP contribution in [0.25, 0.3) is 23.5 Å². The molecule has 0 saturated carbocycles. The Morgan fingerprint density at radius 3 is 2.38 bits per heavy atom. The number of aryl methyl sites for hydroxylation is 1. The molecular formula is C18H15ClNO+. The fraction of sp³-hybridized carbons (Fsp3) is 0.0556. The first-order chi connectivity index (χ1) is 10.2. The van der Waals surface area contributed by atoms with E-state index < -0.39 is 0 Å². The number of rotatable bonds is 3. The van der Waals surface area contributed by atoms with Crippen LogP contribution in [0.15, 0.2) is 65.2 Å². The van der Waals surface area contributed by atoms with E-state index in [2.05, 4.69) is 18.2 Å². The molecule has 0 fully saturated rings. The first-order valence-electron chi connectivity index (χ1n) is 6.72. The zero-order valence-corrected chi connectivity index (χ0v) is 12.4. The molecule has 3 heteroatoms.